The fraction of sp³-hybridized carbons (Fsp3) is 0.750. The predicted molar refractivity (Wildman–Crippen MR) is 59.9 cm³/mol. The maximum Gasteiger partial charge on any atom is 0.136 e. The zero-order valence-corrected chi connectivity index (χ0v) is 10.1. The maximum atomic E-state index is 14.4. The lowest BCUT2D eigenvalue weighted by Crippen LogP contribution is -2.24. The maximum absolute atomic E-state index is 14.4. The van der Waals surface area contributed by atoms with Crippen LogP contribution < -0.4 is 0 Å². The molecular formula is C12H19FN2O. The van der Waals surface area contributed by atoms with Crippen LogP contribution in [-0.4, -0.2) is 14.9 Å². The van der Waals surface area contributed by atoms with Crippen molar-refractivity contribution < 1.29 is 9.50 Å². The summed E-state index contributed by atoms with van der Waals surface area (Å²) in [6, 6.07) is 0.211. The van der Waals surface area contributed by atoms with Gasteiger partial charge in [0.25, 0.3) is 0 Å². The van der Waals surface area contributed by atoms with Gasteiger partial charge in [-0.25, -0.2) is 4.39 Å². The largest absolute Gasteiger partial charge is 0.390 e. The van der Waals surface area contributed by atoms with Crippen LogP contribution >= 0.6 is 0 Å². The van der Waals surface area contributed by atoms with Gasteiger partial charge in [0.2, 0.25) is 0 Å². The number of aliphatic hydroxyl groups is 1. The average molecular weight is 226 g/mol. The molecule has 1 aliphatic carbocycles. The summed E-state index contributed by atoms with van der Waals surface area (Å²) >= 11 is 0. The third-order valence-electron chi connectivity index (χ3n) is 3.30. The van der Waals surface area contributed by atoms with E-state index in [-0.39, 0.29) is 12.6 Å². The van der Waals surface area contributed by atoms with Gasteiger partial charge < -0.3 is 5.11 Å². The van der Waals surface area contributed by atoms with E-state index in [9.17, 15) is 9.50 Å². The Bertz CT molecular complexity index is 396. The van der Waals surface area contributed by atoms with Crippen molar-refractivity contribution in [3.05, 3.63) is 17.0 Å². The molecule has 0 saturated carbocycles. The van der Waals surface area contributed by atoms with Crippen LogP contribution in [0.25, 0.3) is 0 Å². The molecule has 0 bridgehead atoms. The van der Waals surface area contributed by atoms with Crippen LogP contribution in [0.15, 0.2) is 0 Å². The van der Waals surface area contributed by atoms with Gasteiger partial charge in [0.1, 0.15) is 5.67 Å². The first-order valence-corrected chi connectivity index (χ1v) is 5.88. The van der Waals surface area contributed by atoms with Crippen LogP contribution in [-0.2, 0) is 18.7 Å². The molecule has 0 saturated heterocycles. The molecule has 3 nitrogen and oxygen atoms in total. The molecule has 1 heterocycles. The molecule has 1 N–H and O–H groups in total. The van der Waals surface area contributed by atoms with Crippen molar-refractivity contribution in [2.75, 3.05) is 0 Å². The van der Waals surface area contributed by atoms with Crippen LogP contribution in [0.2, 0.25) is 0 Å². The highest BCUT2D eigenvalue weighted by Gasteiger charge is 2.37. The number of aliphatic hydroxyl groups excluding tert-OH is 1. The monoisotopic (exact) mass is 226 g/mol. The molecule has 1 aromatic rings. The lowest BCUT2D eigenvalue weighted by atomic mass is 9.84. The smallest absolute Gasteiger partial charge is 0.136 e. The van der Waals surface area contributed by atoms with Crippen molar-refractivity contribution in [3.8, 4) is 0 Å². The normalized spacial score (nSPS) is 24.9. The number of hydrogen-bond acceptors (Lipinski definition) is 2. The molecule has 0 aromatic carbocycles. The molecule has 2 rings (SSSR count). The van der Waals surface area contributed by atoms with E-state index >= 15 is 0 Å². The van der Waals surface area contributed by atoms with E-state index in [1.807, 2.05) is 18.5 Å². The topological polar surface area (TPSA) is 38.0 Å². The molecule has 1 atom stereocenters. The Morgan fingerprint density at radius 1 is 1.56 bits per heavy atom. The summed E-state index contributed by atoms with van der Waals surface area (Å²) in [6.07, 6.45) is 2.24. The summed E-state index contributed by atoms with van der Waals surface area (Å²) in [5.74, 6) is 0. The Hall–Kier alpha value is -0.900. The van der Waals surface area contributed by atoms with Crippen molar-refractivity contribution in [1.29, 1.82) is 0 Å². The standard InChI is InChI=1S/C12H19FN2O/c1-8(2)15-10-5-4-6-12(3,13)11(10)9(7-16)14-15/h8,16H,4-7H2,1-3H3. The molecule has 1 aromatic heterocycles. The highest BCUT2D eigenvalue weighted by atomic mass is 19.1. The second-order valence-corrected chi connectivity index (χ2v) is 5.02. The Morgan fingerprint density at radius 3 is 2.81 bits per heavy atom. The zero-order valence-electron chi connectivity index (χ0n) is 10.1. The Labute approximate surface area is 95.3 Å². The van der Waals surface area contributed by atoms with Gasteiger partial charge in [0, 0.05) is 17.3 Å². The quantitative estimate of drug-likeness (QED) is 0.841. The lowest BCUT2D eigenvalue weighted by Gasteiger charge is -2.27. The first kappa shape index (κ1) is 11.6. The second-order valence-electron chi connectivity index (χ2n) is 5.02. The summed E-state index contributed by atoms with van der Waals surface area (Å²) in [5, 5.41) is 13.6. The number of rotatable bonds is 2. The summed E-state index contributed by atoms with van der Waals surface area (Å²) in [6.45, 7) is 5.47. The molecule has 0 amide bonds. The minimum Gasteiger partial charge on any atom is -0.390 e. The van der Waals surface area contributed by atoms with Crippen LogP contribution in [0.5, 0.6) is 0 Å². The molecule has 16 heavy (non-hydrogen) atoms. The molecule has 0 aliphatic heterocycles. The van der Waals surface area contributed by atoms with Gasteiger partial charge >= 0.3 is 0 Å². The fourth-order valence-corrected chi connectivity index (χ4v) is 2.61. The minimum absolute atomic E-state index is 0.179. The van der Waals surface area contributed by atoms with Gasteiger partial charge in [-0.3, -0.25) is 4.68 Å². The Morgan fingerprint density at radius 2 is 2.25 bits per heavy atom. The summed E-state index contributed by atoms with van der Waals surface area (Å²) < 4.78 is 16.3. The van der Waals surface area contributed by atoms with E-state index in [1.54, 1.807) is 6.92 Å². The van der Waals surface area contributed by atoms with Gasteiger partial charge in [-0.15, -0.1) is 0 Å². The number of aromatic nitrogens is 2. The lowest BCUT2D eigenvalue weighted by molar-refractivity contribution is 0.155. The molecule has 0 spiro atoms. The second kappa shape index (κ2) is 3.84. The van der Waals surface area contributed by atoms with Crippen molar-refractivity contribution in [2.24, 2.45) is 0 Å². The van der Waals surface area contributed by atoms with E-state index < -0.39 is 5.67 Å². The number of alkyl halides is 1. The number of halogens is 1. The molecule has 0 fully saturated rings. The van der Waals surface area contributed by atoms with E-state index in [0.29, 0.717) is 17.7 Å². The van der Waals surface area contributed by atoms with Crippen LogP contribution in [0.3, 0.4) is 0 Å². The van der Waals surface area contributed by atoms with Crippen LogP contribution in [0.4, 0.5) is 4.39 Å². The highest BCUT2D eigenvalue weighted by Crippen LogP contribution is 2.41. The summed E-state index contributed by atoms with van der Waals surface area (Å²) in [5.41, 5.74) is 0.775. The molecular weight excluding hydrogens is 207 g/mol. The van der Waals surface area contributed by atoms with E-state index in [2.05, 4.69) is 5.10 Å². The van der Waals surface area contributed by atoms with Crippen molar-refractivity contribution in [3.63, 3.8) is 0 Å². The number of nitrogens with zero attached hydrogens (tertiary/aromatic N) is 2. The van der Waals surface area contributed by atoms with E-state index in [4.69, 9.17) is 0 Å². The van der Waals surface area contributed by atoms with Crippen molar-refractivity contribution in [2.45, 2.75) is 58.4 Å². The molecule has 0 radical (unpaired) electrons. The highest BCUT2D eigenvalue weighted by molar-refractivity contribution is 5.34. The van der Waals surface area contributed by atoms with Crippen molar-refractivity contribution >= 4 is 0 Å². The van der Waals surface area contributed by atoms with Gasteiger partial charge in [-0.1, -0.05) is 0 Å². The average Bonchev–Trinajstić information content (AvgIpc) is 2.57. The summed E-state index contributed by atoms with van der Waals surface area (Å²) in [4.78, 5) is 0. The predicted octanol–water partition coefficient (Wildman–Crippen LogP) is 2.48. The molecule has 4 heteroatoms. The van der Waals surface area contributed by atoms with E-state index in [1.165, 1.54) is 0 Å². The number of fused-ring (bicyclic) bond motifs is 1. The third-order valence-corrected chi connectivity index (χ3v) is 3.30. The Kier molecular flexibility index (Phi) is 2.78. The first-order valence-electron chi connectivity index (χ1n) is 5.88. The van der Waals surface area contributed by atoms with Crippen LogP contribution in [0.1, 0.15) is 56.6 Å². The van der Waals surface area contributed by atoms with Crippen molar-refractivity contribution in [1.82, 2.24) is 9.78 Å². The zero-order chi connectivity index (χ0) is 11.9. The molecule has 1 unspecified atom stereocenters. The molecule has 90 valence electrons. The summed E-state index contributed by atoms with van der Waals surface area (Å²) in [7, 11) is 0. The SMILES string of the molecule is CC(C)n1nc(CO)c2c1CCCC2(C)F. The molecule has 1 aliphatic rings. The third kappa shape index (κ3) is 1.65. The van der Waals surface area contributed by atoms with E-state index in [0.717, 1.165) is 18.5 Å². The van der Waals surface area contributed by atoms with Gasteiger partial charge in [-0.2, -0.15) is 5.10 Å². The van der Waals surface area contributed by atoms with Gasteiger partial charge in [0.05, 0.1) is 12.3 Å². The minimum atomic E-state index is -1.33. The fourth-order valence-electron chi connectivity index (χ4n) is 2.61. The van der Waals surface area contributed by atoms with Crippen LogP contribution in [0, 0.1) is 0 Å². The Balaban J connectivity index is 2.60. The van der Waals surface area contributed by atoms with Gasteiger partial charge in [-0.05, 0) is 40.0 Å². The first-order chi connectivity index (χ1) is 7.47. The number of hydrogen-bond donors (Lipinski definition) is 1. The van der Waals surface area contributed by atoms with Gasteiger partial charge in [0.15, 0.2) is 0 Å².